The summed E-state index contributed by atoms with van der Waals surface area (Å²) in [4.78, 5) is 24.1. The minimum absolute atomic E-state index is 0.0428. The van der Waals surface area contributed by atoms with E-state index in [9.17, 15) is 14.9 Å². The van der Waals surface area contributed by atoms with Crippen LogP contribution in [0.5, 0.6) is 0 Å². The number of hydrogen-bond donors (Lipinski definition) is 0. The predicted molar refractivity (Wildman–Crippen MR) is 85.4 cm³/mol. The van der Waals surface area contributed by atoms with Crippen LogP contribution < -0.4 is 0 Å². The predicted octanol–water partition coefficient (Wildman–Crippen LogP) is 2.77. The van der Waals surface area contributed by atoms with Gasteiger partial charge in [0.2, 0.25) is 0 Å². The molecule has 126 valence electrons. The summed E-state index contributed by atoms with van der Waals surface area (Å²) in [5, 5.41) is 14.8. The lowest BCUT2D eigenvalue weighted by Crippen LogP contribution is -2.41. The van der Waals surface area contributed by atoms with Gasteiger partial charge in [-0.25, -0.2) is 4.79 Å². The molecule has 0 bridgehead atoms. The van der Waals surface area contributed by atoms with Crippen LogP contribution in [0.15, 0.2) is 42.7 Å². The first kappa shape index (κ1) is 16.0. The average Bonchev–Trinajstić information content (AvgIpc) is 3.11. The molecule has 0 saturated carbocycles. The number of aromatic nitrogens is 2. The van der Waals surface area contributed by atoms with Crippen molar-refractivity contribution in [3.05, 3.63) is 58.4 Å². The van der Waals surface area contributed by atoms with Gasteiger partial charge in [-0.2, -0.15) is 5.10 Å². The number of piperidine rings is 1. The molecule has 1 unspecified atom stereocenters. The monoisotopic (exact) mass is 330 g/mol. The fourth-order valence-electron chi connectivity index (χ4n) is 2.77. The molecule has 1 saturated heterocycles. The minimum atomic E-state index is -0.474. The van der Waals surface area contributed by atoms with Gasteiger partial charge in [0.15, 0.2) is 0 Å². The van der Waals surface area contributed by atoms with Gasteiger partial charge in [0, 0.05) is 13.1 Å². The van der Waals surface area contributed by atoms with Crippen molar-refractivity contribution >= 4 is 11.8 Å². The molecule has 1 fully saturated rings. The Kier molecular flexibility index (Phi) is 4.74. The maximum Gasteiger partial charge on any atom is 0.410 e. The van der Waals surface area contributed by atoms with E-state index >= 15 is 0 Å². The van der Waals surface area contributed by atoms with E-state index in [-0.39, 0.29) is 24.4 Å². The molecule has 1 amide bonds. The molecule has 2 heterocycles. The maximum absolute atomic E-state index is 12.2. The first-order chi connectivity index (χ1) is 11.6. The quantitative estimate of drug-likeness (QED) is 0.635. The van der Waals surface area contributed by atoms with Gasteiger partial charge in [-0.05, 0) is 18.4 Å². The Hall–Kier alpha value is -2.90. The van der Waals surface area contributed by atoms with Crippen LogP contribution in [0.1, 0.15) is 24.4 Å². The van der Waals surface area contributed by atoms with Gasteiger partial charge < -0.3 is 9.64 Å². The summed E-state index contributed by atoms with van der Waals surface area (Å²) in [6, 6.07) is 9.42. The number of benzene rings is 1. The van der Waals surface area contributed by atoms with Crippen LogP contribution in [0.25, 0.3) is 0 Å². The number of nitro groups is 1. The number of amides is 1. The molecule has 1 aliphatic heterocycles. The molecule has 8 nitrogen and oxygen atoms in total. The van der Waals surface area contributed by atoms with Gasteiger partial charge in [-0.15, -0.1) is 0 Å². The molecule has 1 atom stereocenters. The molecule has 0 radical (unpaired) electrons. The molecule has 1 aromatic carbocycles. The third kappa shape index (κ3) is 3.70. The maximum atomic E-state index is 12.2. The summed E-state index contributed by atoms with van der Waals surface area (Å²) >= 11 is 0. The second-order valence-corrected chi connectivity index (χ2v) is 5.72. The molecule has 0 N–H and O–H groups in total. The van der Waals surface area contributed by atoms with Crippen molar-refractivity contribution < 1.29 is 14.5 Å². The van der Waals surface area contributed by atoms with Crippen molar-refractivity contribution in [2.24, 2.45) is 0 Å². The highest BCUT2D eigenvalue weighted by atomic mass is 16.6. The van der Waals surface area contributed by atoms with Crippen LogP contribution in [-0.2, 0) is 11.3 Å². The minimum Gasteiger partial charge on any atom is -0.445 e. The Balaban J connectivity index is 1.58. The highest BCUT2D eigenvalue weighted by molar-refractivity contribution is 5.67. The molecule has 8 heteroatoms. The van der Waals surface area contributed by atoms with E-state index in [4.69, 9.17) is 4.74 Å². The molecule has 1 aliphatic rings. The largest absolute Gasteiger partial charge is 0.445 e. The number of likely N-dealkylation sites (tertiary alicyclic amines) is 1. The zero-order valence-electron chi connectivity index (χ0n) is 13.1. The van der Waals surface area contributed by atoms with Crippen molar-refractivity contribution in [2.45, 2.75) is 25.5 Å². The molecule has 0 aliphatic carbocycles. The second kappa shape index (κ2) is 7.12. The van der Waals surface area contributed by atoms with Crippen molar-refractivity contribution in [2.75, 3.05) is 13.1 Å². The summed E-state index contributed by atoms with van der Waals surface area (Å²) in [5.74, 6) is 0. The summed E-state index contributed by atoms with van der Waals surface area (Å²) in [7, 11) is 0. The van der Waals surface area contributed by atoms with E-state index in [0.29, 0.717) is 13.1 Å². The molecule has 0 spiro atoms. The lowest BCUT2D eigenvalue weighted by molar-refractivity contribution is -0.385. The van der Waals surface area contributed by atoms with Gasteiger partial charge in [0.25, 0.3) is 0 Å². The normalized spacial score (nSPS) is 17.5. The first-order valence-corrected chi connectivity index (χ1v) is 7.77. The summed E-state index contributed by atoms with van der Waals surface area (Å²) in [6.45, 7) is 1.29. The van der Waals surface area contributed by atoms with E-state index in [2.05, 4.69) is 5.10 Å². The van der Waals surface area contributed by atoms with Gasteiger partial charge in [-0.1, -0.05) is 30.3 Å². The highest BCUT2D eigenvalue weighted by Crippen LogP contribution is 2.23. The van der Waals surface area contributed by atoms with Crippen LogP contribution in [0.3, 0.4) is 0 Å². The van der Waals surface area contributed by atoms with E-state index in [1.165, 1.54) is 12.4 Å². The lowest BCUT2D eigenvalue weighted by Gasteiger charge is -2.31. The van der Waals surface area contributed by atoms with Crippen LogP contribution >= 0.6 is 0 Å². The fourth-order valence-corrected chi connectivity index (χ4v) is 2.77. The Morgan fingerprint density at radius 2 is 2.17 bits per heavy atom. The number of rotatable bonds is 4. The number of carbonyl (C=O) groups excluding carboxylic acids is 1. The van der Waals surface area contributed by atoms with Crippen molar-refractivity contribution in [1.29, 1.82) is 0 Å². The standard InChI is InChI=1S/C16H18N4O4/c21-16(24-12-13-5-2-1-3-6-13)18-8-4-7-14(10-18)19-11-15(9-17-19)20(22)23/h1-3,5-6,9,11,14H,4,7-8,10,12H2. The number of nitrogens with zero attached hydrogens (tertiary/aromatic N) is 4. The molecule has 3 rings (SSSR count). The smallest absolute Gasteiger partial charge is 0.410 e. The fraction of sp³-hybridized carbons (Fsp3) is 0.375. The Morgan fingerprint density at radius 1 is 1.38 bits per heavy atom. The Morgan fingerprint density at radius 3 is 2.88 bits per heavy atom. The van der Waals surface area contributed by atoms with E-state index in [1.807, 2.05) is 30.3 Å². The first-order valence-electron chi connectivity index (χ1n) is 7.77. The molecule has 1 aromatic heterocycles. The second-order valence-electron chi connectivity index (χ2n) is 5.72. The van der Waals surface area contributed by atoms with Crippen molar-refractivity contribution in [1.82, 2.24) is 14.7 Å². The summed E-state index contributed by atoms with van der Waals surface area (Å²) < 4.78 is 6.91. The van der Waals surface area contributed by atoms with Gasteiger partial charge in [-0.3, -0.25) is 14.8 Å². The third-order valence-corrected chi connectivity index (χ3v) is 4.03. The third-order valence-electron chi connectivity index (χ3n) is 4.03. The van der Waals surface area contributed by atoms with Gasteiger partial charge >= 0.3 is 11.8 Å². The van der Waals surface area contributed by atoms with Crippen LogP contribution in [0, 0.1) is 10.1 Å². The van der Waals surface area contributed by atoms with Gasteiger partial charge in [0.1, 0.15) is 19.0 Å². The van der Waals surface area contributed by atoms with Crippen LogP contribution in [0.2, 0.25) is 0 Å². The number of ether oxygens (including phenoxy) is 1. The number of hydrogen-bond acceptors (Lipinski definition) is 5. The topological polar surface area (TPSA) is 90.5 Å². The van der Waals surface area contributed by atoms with Crippen LogP contribution in [0.4, 0.5) is 10.5 Å². The number of carbonyl (C=O) groups is 1. The lowest BCUT2D eigenvalue weighted by atomic mass is 10.1. The van der Waals surface area contributed by atoms with E-state index in [1.54, 1.807) is 9.58 Å². The zero-order chi connectivity index (χ0) is 16.9. The highest BCUT2D eigenvalue weighted by Gasteiger charge is 2.27. The molecule has 2 aromatic rings. The molecular weight excluding hydrogens is 312 g/mol. The average molecular weight is 330 g/mol. The SMILES string of the molecule is O=C(OCc1ccccc1)N1CCCC(n2cc([N+](=O)[O-])cn2)C1. The van der Waals surface area contributed by atoms with Gasteiger partial charge in [0.05, 0.1) is 11.0 Å². The Bertz CT molecular complexity index is 716. The summed E-state index contributed by atoms with van der Waals surface area (Å²) in [6.07, 6.45) is 3.89. The summed E-state index contributed by atoms with van der Waals surface area (Å²) in [5.41, 5.74) is 0.890. The van der Waals surface area contributed by atoms with E-state index in [0.717, 1.165) is 18.4 Å². The Labute approximate surface area is 138 Å². The van der Waals surface area contributed by atoms with Crippen molar-refractivity contribution in [3.63, 3.8) is 0 Å². The van der Waals surface area contributed by atoms with E-state index < -0.39 is 4.92 Å². The molecule has 24 heavy (non-hydrogen) atoms. The zero-order valence-corrected chi connectivity index (χ0v) is 13.1. The van der Waals surface area contributed by atoms with Crippen molar-refractivity contribution in [3.8, 4) is 0 Å². The van der Waals surface area contributed by atoms with Crippen LogP contribution in [-0.4, -0.2) is 38.8 Å². The molecular formula is C16H18N4O4.